The Morgan fingerprint density at radius 2 is 2.05 bits per heavy atom. The lowest BCUT2D eigenvalue weighted by atomic mass is 10.2. The van der Waals surface area contributed by atoms with Crippen LogP contribution in [-0.2, 0) is 0 Å². The molecule has 0 amide bonds. The first kappa shape index (κ1) is 12.0. The van der Waals surface area contributed by atoms with Gasteiger partial charge in [0.15, 0.2) is 0 Å². The Morgan fingerprint density at radius 3 is 2.90 bits per heavy atom. The summed E-state index contributed by atoms with van der Waals surface area (Å²) in [6.45, 7) is 0. The summed E-state index contributed by atoms with van der Waals surface area (Å²) in [5, 5.41) is 16.1. The molecule has 3 aromatic rings. The summed E-state index contributed by atoms with van der Waals surface area (Å²) in [6, 6.07) is 10.9. The summed E-state index contributed by atoms with van der Waals surface area (Å²) in [7, 11) is 0. The van der Waals surface area contributed by atoms with E-state index in [1.807, 2.05) is 24.3 Å². The van der Waals surface area contributed by atoms with Gasteiger partial charge in [0.25, 0.3) is 0 Å². The van der Waals surface area contributed by atoms with Crippen molar-refractivity contribution in [3.63, 3.8) is 0 Å². The van der Waals surface area contributed by atoms with E-state index < -0.39 is 0 Å². The van der Waals surface area contributed by atoms with Gasteiger partial charge in [-0.05, 0) is 24.3 Å². The van der Waals surface area contributed by atoms with Gasteiger partial charge in [0.05, 0.1) is 17.3 Å². The standard InChI is InChI=1S/C14H11N5O/c15-13(16)11-5-7-18-19-14(11)20-10-4-3-9-2-1-6-17-12(9)8-10/h1-8H,(H3,15,16). The number of ether oxygens (including phenoxy) is 1. The van der Waals surface area contributed by atoms with Crippen LogP contribution < -0.4 is 10.5 Å². The Bertz CT molecular complexity index is 787. The first-order valence-electron chi connectivity index (χ1n) is 5.93. The number of hydrogen-bond acceptors (Lipinski definition) is 5. The molecule has 3 N–H and O–H groups in total. The maximum Gasteiger partial charge on any atom is 0.249 e. The number of nitrogens with two attached hydrogens (primary N) is 1. The molecule has 0 spiro atoms. The molecule has 0 atom stereocenters. The maximum absolute atomic E-state index is 7.49. The van der Waals surface area contributed by atoms with Gasteiger partial charge in [-0.1, -0.05) is 6.07 Å². The molecule has 2 aromatic heterocycles. The number of fused-ring (bicyclic) bond motifs is 1. The highest BCUT2D eigenvalue weighted by molar-refractivity contribution is 5.97. The van der Waals surface area contributed by atoms with Crippen molar-refractivity contribution in [2.75, 3.05) is 0 Å². The third-order valence-corrected chi connectivity index (χ3v) is 2.77. The summed E-state index contributed by atoms with van der Waals surface area (Å²) in [5.74, 6) is 0.656. The van der Waals surface area contributed by atoms with Crippen molar-refractivity contribution >= 4 is 16.7 Å². The van der Waals surface area contributed by atoms with E-state index in [4.69, 9.17) is 15.9 Å². The van der Waals surface area contributed by atoms with Crippen molar-refractivity contribution in [3.8, 4) is 11.6 Å². The summed E-state index contributed by atoms with van der Waals surface area (Å²) < 4.78 is 5.64. The Hall–Kier alpha value is -3.02. The molecular formula is C14H11N5O. The molecule has 0 aliphatic carbocycles. The van der Waals surface area contributed by atoms with E-state index in [-0.39, 0.29) is 11.7 Å². The first-order chi connectivity index (χ1) is 9.74. The Labute approximate surface area is 114 Å². The quantitative estimate of drug-likeness (QED) is 0.558. The van der Waals surface area contributed by atoms with E-state index in [0.717, 1.165) is 10.9 Å². The highest BCUT2D eigenvalue weighted by Crippen LogP contribution is 2.25. The van der Waals surface area contributed by atoms with E-state index in [2.05, 4.69) is 15.2 Å². The van der Waals surface area contributed by atoms with Crippen LogP contribution >= 0.6 is 0 Å². The third-order valence-electron chi connectivity index (χ3n) is 2.77. The van der Waals surface area contributed by atoms with Crippen molar-refractivity contribution in [1.82, 2.24) is 15.2 Å². The summed E-state index contributed by atoms with van der Waals surface area (Å²) in [6.07, 6.45) is 3.18. The first-order valence-corrected chi connectivity index (χ1v) is 5.93. The van der Waals surface area contributed by atoms with Crippen LogP contribution in [0.25, 0.3) is 10.9 Å². The Morgan fingerprint density at radius 1 is 1.15 bits per heavy atom. The van der Waals surface area contributed by atoms with E-state index >= 15 is 0 Å². The zero-order valence-electron chi connectivity index (χ0n) is 10.4. The Kier molecular flexibility index (Phi) is 2.96. The van der Waals surface area contributed by atoms with Crippen LogP contribution in [0.5, 0.6) is 11.6 Å². The molecule has 0 saturated heterocycles. The van der Waals surface area contributed by atoms with Crippen LogP contribution in [-0.4, -0.2) is 21.0 Å². The fourth-order valence-electron chi connectivity index (χ4n) is 1.82. The second kappa shape index (κ2) is 4.93. The monoisotopic (exact) mass is 265 g/mol. The van der Waals surface area contributed by atoms with Crippen LogP contribution in [0.3, 0.4) is 0 Å². The van der Waals surface area contributed by atoms with Gasteiger partial charge in [-0.25, -0.2) is 0 Å². The molecular weight excluding hydrogens is 254 g/mol. The molecule has 6 heteroatoms. The summed E-state index contributed by atoms with van der Waals surface area (Å²) in [4.78, 5) is 4.26. The molecule has 0 aliphatic rings. The highest BCUT2D eigenvalue weighted by atomic mass is 16.5. The van der Waals surface area contributed by atoms with Crippen LogP contribution in [0.4, 0.5) is 0 Å². The summed E-state index contributed by atoms with van der Waals surface area (Å²) >= 11 is 0. The molecule has 2 heterocycles. The maximum atomic E-state index is 7.49. The SMILES string of the molecule is N=C(N)c1ccnnc1Oc1ccc2cccnc2c1. The van der Waals surface area contributed by atoms with E-state index in [1.54, 1.807) is 18.3 Å². The van der Waals surface area contributed by atoms with Gasteiger partial charge in [0, 0.05) is 17.6 Å². The van der Waals surface area contributed by atoms with Gasteiger partial charge < -0.3 is 10.5 Å². The second-order valence-electron chi connectivity index (χ2n) is 4.12. The molecule has 3 rings (SSSR count). The molecule has 0 fully saturated rings. The minimum absolute atomic E-state index is 0.117. The van der Waals surface area contributed by atoms with Crippen LogP contribution in [0.15, 0.2) is 48.8 Å². The number of rotatable bonds is 3. The highest BCUT2D eigenvalue weighted by Gasteiger charge is 2.09. The number of hydrogen-bond donors (Lipinski definition) is 2. The lowest BCUT2D eigenvalue weighted by Gasteiger charge is -2.08. The van der Waals surface area contributed by atoms with Gasteiger partial charge in [-0.15, -0.1) is 5.10 Å². The predicted molar refractivity (Wildman–Crippen MR) is 74.9 cm³/mol. The number of benzene rings is 1. The minimum atomic E-state index is -0.117. The van der Waals surface area contributed by atoms with Crippen LogP contribution in [0.1, 0.15) is 5.56 Å². The molecule has 0 unspecified atom stereocenters. The average Bonchev–Trinajstić information content (AvgIpc) is 2.47. The van der Waals surface area contributed by atoms with Crippen molar-refractivity contribution < 1.29 is 4.74 Å². The number of nitrogens with zero attached hydrogens (tertiary/aromatic N) is 3. The number of pyridine rings is 1. The van der Waals surface area contributed by atoms with E-state index in [0.29, 0.717) is 11.3 Å². The van der Waals surface area contributed by atoms with Crippen LogP contribution in [0, 0.1) is 5.41 Å². The van der Waals surface area contributed by atoms with Gasteiger partial charge >= 0.3 is 0 Å². The van der Waals surface area contributed by atoms with Gasteiger partial charge in [0.1, 0.15) is 11.6 Å². The molecule has 98 valence electrons. The van der Waals surface area contributed by atoms with Crippen molar-refractivity contribution in [2.24, 2.45) is 5.73 Å². The topological polar surface area (TPSA) is 97.8 Å². The normalized spacial score (nSPS) is 10.4. The number of amidine groups is 1. The number of nitrogen functional groups attached to an aromatic ring is 1. The predicted octanol–water partition coefficient (Wildman–Crippen LogP) is 2.10. The molecule has 1 aromatic carbocycles. The van der Waals surface area contributed by atoms with Crippen molar-refractivity contribution in [1.29, 1.82) is 5.41 Å². The molecule has 0 radical (unpaired) electrons. The molecule has 0 aliphatic heterocycles. The molecule has 20 heavy (non-hydrogen) atoms. The molecule has 0 bridgehead atoms. The van der Waals surface area contributed by atoms with Gasteiger partial charge in [-0.2, -0.15) is 5.10 Å². The number of aromatic nitrogens is 3. The van der Waals surface area contributed by atoms with Crippen molar-refractivity contribution in [2.45, 2.75) is 0 Å². The number of nitrogens with one attached hydrogen (secondary N) is 1. The molecule has 6 nitrogen and oxygen atoms in total. The molecule has 0 saturated carbocycles. The summed E-state index contributed by atoms with van der Waals surface area (Å²) in [5.41, 5.74) is 6.70. The third kappa shape index (κ3) is 2.26. The average molecular weight is 265 g/mol. The zero-order valence-corrected chi connectivity index (χ0v) is 10.4. The van der Waals surface area contributed by atoms with Crippen molar-refractivity contribution in [3.05, 3.63) is 54.4 Å². The fraction of sp³-hybridized carbons (Fsp3) is 0. The Balaban J connectivity index is 1.99. The van der Waals surface area contributed by atoms with E-state index in [1.165, 1.54) is 6.20 Å². The fourth-order valence-corrected chi connectivity index (χ4v) is 1.82. The lowest BCUT2D eigenvalue weighted by Crippen LogP contribution is -2.13. The zero-order chi connectivity index (χ0) is 13.9. The van der Waals surface area contributed by atoms with Crippen LogP contribution in [0.2, 0.25) is 0 Å². The van der Waals surface area contributed by atoms with Gasteiger partial charge in [-0.3, -0.25) is 10.4 Å². The largest absolute Gasteiger partial charge is 0.437 e. The lowest BCUT2D eigenvalue weighted by molar-refractivity contribution is 0.454. The minimum Gasteiger partial charge on any atom is -0.437 e. The second-order valence-corrected chi connectivity index (χ2v) is 4.12. The van der Waals surface area contributed by atoms with E-state index in [9.17, 15) is 0 Å². The smallest absolute Gasteiger partial charge is 0.249 e. The van der Waals surface area contributed by atoms with Gasteiger partial charge in [0.2, 0.25) is 5.88 Å².